The Morgan fingerprint density at radius 1 is 1.50 bits per heavy atom. The molecule has 3 heteroatoms. The van der Waals surface area contributed by atoms with Gasteiger partial charge in [-0.3, -0.25) is 4.98 Å². The highest BCUT2D eigenvalue weighted by molar-refractivity contribution is 5.89. The van der Waals surface area contributed by atoms with Crippen molar-refractivity contribution in [2.45, 2.75) is 27.2 Å². The summed E-state index contributed by atoms with van der Waals surface area (Å²) in [6, 6.07) is 1.82. The van der Waals surface area contributed by atoms with E-state index in [1.54, 1.807) is 13.1 Å². The molecule has 0 spiro atoms. The van der Waals surface area contributed by atoms with Crippen molar-refractivity contribution < 1.29 is 9.53 Å². The molecule has 0 aliphatic heterocycles. The number of pyridine rings is 1. The summed E-state index contributed by atoms with van der Waals surface area (Å²) in [6.45, 7) is 6.18. The lowest BCUT2D eigenvalue weighted by molar-refractivity contribution is 0.0525. The Kier molecular flexibility index (Phi) is 3.63. The van der Waals surface area contributed by atoms with E-state index in [1.165, 1.54) is 0 Å². The van der Waals surface area contributed by atoms with Gasteiger partial charge < -0.3 is 4.74 Å². The summed E-state index contributed by atoms with van der Waals surface area (Å²) >= 11 is 0. The van der Waals surface area contributed by atoms with E-state index >= 15 is 0 Å². The minimum absolute atomic E-state index is 0.300. The first-order chi connectivity index (χ1) is 6.69. The zero-order valence-corrected chi connectivity index (χ0v) is 8.83. The molecule has 0 atom stereocenters. The van der Waals surface area contributed by atoms with Gasteiger partial charge in [0.25, 0.3) is 0 Å². The summed E-state index contributed by atoms with van der Waals surface area (Å²) in [5, 5.41) is 0. The Hall–Kier alpha value is -1.38. The molecule has 76 valence electrons. The highest BCUT2D eigenvalue weighted by atomic mass is 16.5. The van der Waals surface area contributed by atoms with E-state index in [2.05, 4.69) is 4.98 Å². The topological polar surface area (TPSA) is 39.2 Å². The molecule has 0 aliphatic rings. The molecule has 0 N–H and O–H groups in total. The van der Waals surface area contributed by atoms with Gasteiger partial charge in [0.15, 0.2) is 0 Å². The van der Waals surface area contributed by atoms with Crippen LogP contribution in [0.25, 0.3) is 0 Å². The second-order valence-electron chi connectivity index (χ2n) is 3.06. The fraction of sp³-hybridized carbons (Fsp3) is 0.455. The number of hydrogen-bond donors (Lipinski definition) is 0. The second-order valence-corrected chi connectivity index (χ2v) is 3.06. The van der Waals surface area contributed by atoms with Crippen molar-refractivity contribution in [3.05, 3.63) is 29.1 Å². The van der Waals surface area contributed by atoms with Crippen LogP contribution in [0.5, 0.6) is 0 Å². The van der Waals surface area contributed by atoms with E-state index < -0.39 is 0 Å². The molecule has 1 heterocycles. The molecular formula is C11H15NO2. The van der Waals surface area contributed by atoms with Gasteiger partial charge in [0.1, 0.15) is 0 Å². The van der Waals surface area contributed by atoms with Crippen LogP contribution in [0.3, 0.4) is 0 Å². The van der Waals surface area contributed by atoms with Crippen molar-refractivity contribution >= 4 is 5.97 Å². The van der Waals surface area contributed by atoms with Crippen LogP contribution in [-0.4, -0.2) is 17.6 Å². The first-order valence-electron chi connectivity index (χ1n) is 4.81. The molecule has 1 aromatic rings. The van der Waals surface area contributed by atoms with Gasteiger partial charge in [-0.25, -0.2) is 4.79 Å². The maximum Gasteiger partial charge on any atom is 0.339 e. The first kappa shape index (κ1) is 10.7. The van der Waals surface area contributed by atoms with Crippen LogP contribution in [0.15, 0.2) is 12.3 Å². The fourth-order valence-electron chi connectivity index (χ4n) is 1.30. The van der Waals surface area contributed by atoms with Gasteiger partial charge in [-0.05, 0) is 31.9 Å². The summed E-state index contributed by atoms with van der Waals surface area (Å²) in [7, 11) is 0. The number of hydrogen-bond acceptors (Lipinski definition) is 3. The number of aromatic nitrogens is 1. The van der Waals surface area contributed by atoms with E-state index in [0.717, 1.165) is 17.7 Å². The average molecular weight is 193 g/mol. The third-order valence-electron chi connectivity index (χ3n) is 2.03. The van der Waals surface area contributed by atoms with Crippen molar-refractivity contribution in [2.75, 3.05) is 6.61 Å². The maximum atomic E-state index is 11.3. The van der Waals surface area contributed by atoms with Crippen molar-refractivity contribution in [2.24, 2.45) is 0 Å². The van der Waals surface area contributed by atoms with E-state index in [0.29, 0.717) is 12.2 Å². The van der Waals surface area contributed by atoms with E-state index in [1.807, 2.05) is 19.9 Å². The molecule has 3 nitrogen and oxygen atoms in total. The van der Waals surface area contributed by atoms with Gasteiger partial charge >= 0.3 is 5.97 Å². The van der Waals surface area contributed by atoms with Gasteiger partial charge in [-0.1, -0.05) is 6.92 Å². The van der Waals surface area contributed by atoms with Crippen molar-refractivity contribution in [1.29, 1.82) is 0 Å². The lowest BCUT2D eigenvalue weighted by atomic mass is 10.1. The van der Waals surface area contributed by atoms with Crippen LogP contribution in [0.1, 0.15) is 35.5 Å². The Bertz CT molecular complexity index is 334. The molecule has 1 rings (SSSR count). The molecular weight excluding hydrogens is 178 g/mol. The maximum absolute atomic E-state index is 11.3. The SMILES string of the molecule is CCOC(=O)c1cnc(CC)c(C)c1. The van der Waals surface area contributed by atoms with E-state index in [4.69, 9.17) is 4.74 Å². The van der Waals surface area contributed by atoms with Crippen LogP contribution < -0.4 is 0 Å². The number of rotatable bonds is 3. The van der Waals surface area contributed by atoms with Crippen molar-refractivity contribution in [1.82, 2.24) is 4.98 Å². The monoisotopic (exact) mass is 193 g/mol. The molecule has 0 fully saturated rings. The van der Waals surface area contributed by atoms with Crippen molar-refractivity contribution in [3.63, 3.8) is 0 Å². The third kappa shape index (κ3) is 2.31. The zero-order chi connectivity index (χ0) is 10.6. The second kappa shape index (κ2) is 4.74. The zero-order valence-electron chi connectivity index (χ0n) is 8.83. The summed E-state index contributed by atoms with van der Waals surface area (Å²) in [4.78, 5) is 15.5. The minimum atomic E-state index is -0.300. The molecule has 0 radical (unpaired) electrons. The number of carbonyl (C=O) groups excluding carboxylic acids is 1. The Labute approximate surface area is 84.1 Å². The van der Waals surface area contributed by atoms with Gasteiger partial charge in [-0.15, -0.1) is 0 Å². The van der Waals surface area contributed by atoms with Gasteiger partial charge in [-0.2, -0.15) is 0 Å². The molecule has 1 aromatic heterocycles. The normalized spacial score (nSPS) is 9.93. The van der Waals surface area contributed by atoms with Gasteiger partial charge in [0.2, 0.25) is 0 Å². The Morgan fingerprint density at radius 3 is 2.71 bits per heavy atom. The number of carbonyl (C=O) groups is 1. The van der Waals surface area contributed by atoms with Crippen LogP contribution in [0, 0.1) is 6.92 Å². The lowest BCUT2D eigenvalue weighted by Gasteiger charge is -2.05. The number of nitrogens with zero attached hydrogens (tertiary/aromatic N) is 1. The predicted molar refractivity (Wildman–Crippen MR) is 54.3 cm³/mol. The highest BCUT2D eigenvalue weighted by Crippen LogP contribution is 2.09. The summed E-state index contributed by atoms with van der Waals surface area (Å²) in [5.41, 5.74) is 2.60. The fourth-order valence-corrected chi connectivity index (χ4v) is 1.30. The Morgan fingerprint density at radius 2 is 2.21 bits per heavy atom. The molecule has 0 bridgehead atoms. The number of aryl methyl sites for hydroxylation is 2. The molecule has 0 aromatic carbocycles. The smallest absolute Gasteiger partial charge is 0.339 e. The molecule has 0 saturated heterocycles. The molecule has 0 amide bonds. The van der Waals surface area contributed by atoms with Gasteiger partial charge in [0.05, 0.1) is 12.2 Å². The summed E-state index contributed by atoms with van der Waals surface area (Å²) < 4.78 is 4.88. The number of esters is 1. The standard InChI is InChI=1S/C11H15NO2/c1-4-10-8(3)6-9(7-12-10)11(13)14-5-2/h6-7H,4-5H2,1-3H3. The van der Waals surface area contributed by atoms with Crippen molar-refractivity contribution in [3.8, 4) is 0 Å². The third-order valence-corrected chi connectivity index (χ3v) is 2.03. The lowest BCUT2D eigenvalue weighted by Crippen LogP contribution is -2.06. The first-order valence-corrected chi connectivity index (χ1v) is 4.81. The molecule has 0 saturated carbocycles. The largest absolute Gasteiger partial charge is 0.462 e. The quantitative estimate of drug-likeness (QED) is 0.690. The van der Waals surface area contributed by atoms with Crippen LogP contribution in [-0.2, 0) is 11.2 Å². The number of ether oxygens (including phenoxy) is 1. The molecule has 0 aliphatic carbocycles. The highest BCUT2D eigenvalue weighted by Gasteiger charge is 2.08. The van der Waals surface area contributed by atoms with Crippen LogP contribution in [0.2, 0.25) is 0 Å². The van der Waals surface area contributed by atoms with E-state index in [9.17, 15) is 4.79 Å². The minimum Gasteiger partial charge on any atom is -0.462 e. The summed E-state index contributed by atoms with van der Waals surface area (Å²) in [5.74, 6) is -0.300. The molecule has 0 unspecified atom stereocenters. The summed E-state index contributed by atoms with van der Waals surface area (Å²) in [6.07, 6.45) is 2.46. The Balaban J connectivity index is 2.91. The van der Waals surface area contributed by atoms with E-state index in [-0.39, 0.29) is 5.97 Å². The van der Waals surface area contributed by atoms with Crippen LogP contribution in [0.4, 0.5) is 0 Å². The molecule has 14 heavy (non-hydrogen) atoms. The van der Waals surface area contributed by atoms with Crippen LogP contribution >= 0.6 is 0 Å². The van der Waals surface area contributed by atoms with Gasteiger partial charge in [0, 0.05) is 11.9 Å². The predicted octanol–water partition coefficient (Wildman–Crippen LogP) is 2.13. The average Bonchev–Trinajstić information content (AvgIpc) is 2.18.